The molecule has 0 bridgehead atoms. The van der Waals surface area contributed by atoms with Crippen LogP contribution in [0.2, 0.25) is 0 Å². The summed E-state index contributed by atoms with van der Waals surface area (Å²) in [4.78, 5) is 11.1. The van der Waals surface area contributed by atoms with Crippen LogP contribution in [-0.2, 0) is 9.53 Å². The minimum Gasteiger partial charge on any atom is -0.507 e. The smallest absolute Gasteiger partial charge is 0.221 e. The van der Waals surface area contributed by atoms with Crippen molar-refractivity contribution in [1.82, 2.24) is 5.32 Å². The number of hydrogen-bond acceptors (Lipinski definition) is 4. The molecule has 3 N–H and O–H groups in total. The van der Waals surface area contributed by atoms with Crippen molar-refractivity contribution in [2.75, 3.05) is 25.5 Å². The Bertz CT molecular complexity index is 1000. The second-order valence-electron chi connectivity index (χ2n) is 8.05. The van der Waals surface area contributed by atoms with Gasteiger partial charge >= 0.3 is 0 Å². The molecule has 1 amide bonds. The number of phenols is 1. The summed E-state index contributed by atoms with van der Waals surface area (Å²) in [6.07, 6.45) is 7.51. The summed E-state index contributed by atoms with van der Waals surface area (Å²) in [5.74, 6) is -2.20. The predicted octanol–water partition coefficient (Wildman–Crippen LogP) is 7.04. The molecule has 5 nitrogen and oxygen atoms in total. The van der Waals surface area contributed by atoms with E-state index < -0.39 is 23.2 Å². The van der Waals surface area contributed by atoms with Gasteiger partial charge in [0.25, 0.3) is 0 Å². The van der Waals surface area contributed by atoms with Crippen LogP contribution in [0.25, 0.3) is 16.9 Å². The zero-order valence-electron chi connectivity index (χ0n) is 21.6. The van der Waals surface area contributed by atoms with Crippen LogP contribution in [0.3, 0.4) is 0 Å². The lowest BCUT2D eigenvalue weighted by molar-refractivity contribution is -0.114. The monoisotopic (exact) mass is 488 g/mol. The molecule has 0 unspecified atom stereocenters. The Kier molecular flexibility index (Phi) is 13.4. The number of allylic oxidation sites excluding steroid dienone is 3. The zero-order valence-corrected chi connectivity index (χ0v) is 21.6. The SMILES string of the molecule is C/C=C(C)\C=C(/OC)c1cccc(-c2cc(F)c(NC(C)=O)c(F)c2)c1O.CCCCNCCC. The molecule has 35 heavy (non-hydrogen) atoms. The molecule has 2 aromatic rings. The number of anilines is 1. The van der Waals surface area contributed by atoms with Crippen molar-refractivity contribution >= 4 is 17.4 Å². The molecule has 0 atom stereocenters. The first-order chi connectivity index (χ1) is 16.7. The maximum Gasteiger partial charge on any atom is 0.221 e. The number of unbranched alkanes of at least 4 members (excludes halogenated alkanes) is 1. The normalized spacial score (nSPS) is 11.5. The summed E-state index contributed by atoms with van der Waals surface area (Å²) >= 11 is 0. The lowest BCUT2D eigenvalue weighted by atomic mass is 9.99. The van der Waals surface area contributed by atoms with Crippen LogP contribution in [0.15, 0.2) is 48.1 Å². The number of para-hydroxylation sites is 1. The summed E-state index contributed by atoms with van der Waals surface area (Å²) in [5.41, 5.74) is 1.16. The van der Waals surface area contributed by atoms with Crippen molar-refractivity contribution in [3.63, 3.8) is 0 Å². The van der Waals surface area contributed by atoms with E-state index in [2.05, 4.69) is 24.5 Å². The first-order valence-electron chi connectivity index (χ1n) is 11.9. The van der Waals surface area contributed by atoms with Crippen molar-refractivity contribution in [1.29, 1.82) is 0 Å². The number of rotatable bonds is 10. The number of halogens is 2. The van der Waals surface area contributed by atoms with E-state index in [0.717, 1.165) is 24.6 Å². The number of carbonyl (C=O) groups excluding carboxylic acids is 1. The van der Waals surface area contributed by atoms with Crippen LogP contribution in [0, 0.1) is 11.6 Å². The summed E-state index contributed by atoms with van der Waals surface area (Å²) in [6, 6.07) is 6.96. The number of nitrogens with one attached hydrogen (secondary N) is 2. The van der Waals surface area contributed by atoms with E-state index in [4.69, 9.17) is 4.74 Å². The Morgan fingerprint density at radius 3 is 2.26 bits per heavy atom. The van der Waals surface area contributed by atoms with E-state index in [-0.39, 0.29) is 16.9 Å². The molecule has 2 rings (SSSR count). The third-order valence-electron chi connectivity index (χ3n) is 5.12. The molecule has 0 aromatic heterocycles. The molecule has 0 aliphatic heterocycles. The fraction of sp³-hybridized carbons (Fsp3) is 0.393. The van der Waals surface area contributed by atoms with E-state index in [0.29, 0.717) is 11.3 Å². The number of hydrogen-bond donors (Lipinski definition) is 3. The minimum atomic E-state index is -0.933. The Morgan fingerprint density at radius 1 is 1.09 bits per heavy atom. The molecular weight excluding hydrogens is 450 g/mol. The van der Waals surface area contributed by atoms with Crippen LogP contribution in [0.4, 0.5) is 14.5 Å². The summed E-state index contributed by atoms with van der Waals surface area (Å²) in [7, 11) is 1.47. The first-order valence-corrected chi connectivity index (χ1v) is 11.9. The molecule has 192 valence electrons. The van der Waals surface area contributed by atoms with Crippen molar-refractivity contribution in [2.24, 2.45) is 0 Å². The maximum absolute atomic E-state index is 14.3. The zero-order chi connectivity index (χ0) is 26.4. The van der Waals surface area contributed by atoms with Gasteiger partial charge in [-0.3, -0.25) is 4.79 Å². The number of ether oxygens (including phenoxy) is 1. The largest absolute Gasteiger partial charge is 0.507 e. The van der Waals surface area contributed by atoms with Gasteiger partial charge < -0.3 is 20.5 Å². The van der Waals surface area contributed by atoms with Crippen LogP contribution < -0.4 is 10.6 Å². The highest BCUT2D eigenvalue weighted by Gasteiger charge is 2.18. The highest BCUT2D eigenvalue weighted by Crippen LogP contribution is 2.38. The number of phenolic OH excluding ortho intramolecular Hbond substituents is 1. The molecule has 0 aliphatic carbocycles. The topological polar surface area (TPSA) is 70.6 Å². The lowest BCUT2D eigenvalue weighted by Gasteiger charge is -2.14. The van der Waals surface area contributed by atoms with Crippen molar-refractivity contribution in [2.45, 2.75) is 53.9 Å². The van der Waals surface area contributed by atoms with Crippen molar-refractivity contribution in [3.8, 4) is 16.9 Å². The number of aromatic hydroxyl groups is 1. The molecule has 0 saturated carbocycles. The minimum absolute atomic E-state index is 0.136. The third kappa shape index (κ3) is 9.53. The van der Waals surface area contributed by atoms with E-state index in [1.807, 2.05) is 19.9 Å². The van der Waals surface area contributed by atoms with Gasteiger partial charge in [0.05, 0.1) is 12.7 Å². The summed E-state index contributed by atoms with van der Waals surface area (Å²) < 4.78 is 33.9. The van der Waals surface area contributed by atoms with Crippen molar-refractivity contribution in [3.05, 3.63) is 65.3 Å². The molecule has 0 spiro atoms. The van der Waals surface area contributed by atoms with Gasteiger partial charge in [-0.2, -0.15) is 0 Å². The Balaban J connectivity index is 0.000000658. The Hall–Kier alpha value is -3.19. The van der Waals surface area contributed by atoms with Gasteiger partial charge in [-0.1, -0.05) is 44.1 Å². The molecule has 0 fully saturated rings. The highest BCUT2D eigenvalue weighted by molar-refractivity contribution is 5.89. The summed E-state index contributed by atoms with van der Waals surface area (Å²) in [6.45, 7) is 11.7. The van der Waals surface area contributed by atoms with Gasteiger partial charge in [0.15, 0.2) is 0 Å². The molecule has 0 aliphatic rings. The van der Waals surface area contributed by atoms with Gasteiger partial charge in [-0.15, -0.1) is 0 Å². The predicted molar refractivity (Wildman–Crippen MR) is 140 cm³/mol. The average molecular weight is 489 g/mol. The van der Waals surface area contributed by atoms with Crippen molar-refractivity contribution < 1.29 is 23.4 Å². The average Bonchev–Trinajstić information content (AvgIpc) is 2.83. The Labute approximate surface area is 207 Å². The molecular formula is C28H38F2N2O3. The van der Waals surface area contributed by atoms with E-state index in [1.165, 1.54) is 39.5 Å². The van der Waals surface area contributed by atoms with E-state index in [1.54, 1.807) is 24.3 Å². The molecule has 7 heteroatoms. The van der Waals surface area contributed by atoms with Gasteiger partial charge in [0.1, 0.15) is 28.8 Å². The highest BCUT2D eigenvalue weighted by atomic mass is 19.1. The molecule has 0 radical (unpaired) electrons. The molecule has 0 heterocycles. The van der Waals surface area contributed by atoms with Gasteiger partial charge in [-0.25, -0.2) is 8.78 Å². The fourth-order valence-corrected chi connectivity index (χ4v) is 3.14. The quantitative estimate of drug-likeness (QED) is 0.191. The number of methoxy groups -OCH3 is 1. The fourth-order valence-electron chi connectivity index (χ4n) is 3.14. The van der Waals surface area contributed by atoms with E-state index >= 15 is 0 Å². The van der Waals surface area contributed by atoms with Crippen LogP contribution >= 0.6 is 0 Å². The second kappa shape index (κ2) is 15.7. The van der Waals surface area contributed by atoms with Crippen LogP contribution in [-0.4, -0.2) is 31.2 Å². The summed E-state index contributed by atoms with van der Waals surface area (Å²) in [5, 5.41) is 16.1. The number of amides is 1. The number of benzene rings is 2. The molecule has 2 aromatic carbocycles. The standard InChI is InChI=1S/C21H21F2NO3.C7H17N/c1-5-12(2)9-19(27-4)16-8-6-7-15(21(16)26)14-10-17(22)20(18(23)11-14)24-13(3)25;1-3-5-7-8-6-4-2/h5-11,26H,1-4H3,(H,24,25);8H,3-7H2,1-2H3/b12-5-,19-9-;. The second-order valence-corrected chi connectivity index (χ2v) is 8.05. The van der Waals surface area contributed by atoms with E-state index in [9.17, 15) is 18.7 Å². The van der Waals surface area contributed by atoms with Gasteiger partial charge in [0, 0.05) is 12.5 Å². The first kappa shape index (κ1) is 29.8. The van der Waals surface area contributed by atoms with Crippen LogP contribution in [0.1, 0.15) is 59.4 Å². The molecule has 0 saturated heterocycles. The third-order valence-corrected chi connectivity index (χ3v) is 5.12. The Morgan fingerprint density at radius 2 is 1.74 bits per heavy atom. The van der Waals surface area contributed by atoms with Crippen LogP contribution in [0.5, 0.6) is 5.75 Å². The van der Waals surface area contributed by atoms with Gasteiger partial charge in [0.2, 0.25) is 5.91 Å². The maximum atomic E-state index is 14.3. The van der Waals surface area contributed by atoms with Gasteiger partial charge in [-0.05, 0) is 69.6 Å². The lowest BCUT2D eigenvalue weighted by Crippen LogP contribution is -2.15. The number of carbonyl (C=O) groups is 1.